The van der Waals surface area contributed by atoms with E-state index in [1.807, 2.05) is 14.1 Å². The zero-order chi connectivity index (χ0) is 12.7. The number of hydrogen-bond acceptors (Lipinski definition) is 6. The van der Waals surface area contributed by atoms with Gasteiger partial charge in [0.15, 0.2) is 0 Å². The molecule has 0 aliphatic carbocycles. The highest BCUT2D eigenvalue weighted by molar-refractivity contribution is 7.99. The number of carboxylic acid groups (broad SMARTS) is 1. The SMILES string of the molecule is CN(C)CCCCn1nnnc1SCC(=O)O. The van der Waals surface area contributed by atoms with Gasteiger partial charge in [-0.25, -0.2) is 4.68 Å². The highest BCUT2D eigenvalue weighted by Gasteiger charge is 2.08. The van der Waals surface area contributed by atoms with Gasteiger partial charge in [-0.3, -0.25) is 4.79 Å². The molecule has 0 bridgehead atoms. The van der Waals surface area contributed by atoms with Gasteiger partial charge in [-0.05, 0) is 43.9 Å². The van der Waals surface area contributed by atoms with Gasteiger partial charge in [-0.2, -0.15) is 0 Å². The van der Waals surface area contributed by atoms with E-state index in [1.165, 1.54) is 0 Å². The molecule has 96 valence electrons. The van der Waals surface area contributed by atoms with Crippen molar-refractivity contribution in [2.75, 3.05) is 26.4 Å². The Hall–Kier alpha value is -1.15. The molecule has 1 N–H and O–H groups in total. The van der Waals surface area contributed by atoms with E-state index in [0.29, 0.717) is 5.16 Å². The predicted octanol–water partition coefficient (Wildman–Crippen LogP) is 0.192. The fourth-order valence-corrected chi connectivity index (χ4v) is 1.88. The average Bonchev–Trinajstić information content (AvgIpc) is 2.68. The van der Waals surface area contributed by atoms with Gasteiger partial charge in [0.25, 0.3) is 0 Å². The Morgan fingerprint density at radius 1 is 1.47 bits per heavy atom. The first-order valence-electron chi connectivity index (χ1n) is 5.35. The van der Waals surface area contributed by atoms with Crippen LogP contribution in [0.2, 0.25) is 0 Å². The maximum Gasteiger partial charge on any atom is 0.313 e. The van der Waals surface area contributed by atoms with Gasteiger partial charge in [0.05, 0.1) is 5.75 Å². The Labute approximate surface area is 104 Å². The van der Waals surface area contributed by atoms with Gasteiger partial charge in [0.2, 0.25) is 5.16 Å². The van der Waals surface area contributed by atoms with Crippen LogP contribution in [0.1, 0.15) is 12.8 Å². The van der Waals surface area contributed by atoms with Crippen molar-refractivity contribution in [1.82, 2.24) is 25.1 Å². The van der Waals surface area contributed by atoms with Crippen molar-refractivity contribution in [2.45, 2.75) is 24.5 Å². The van der Waals surface area contributed by atoms with E-state index in [9.17, 15) is 4.79 Å². The van der Waals surface area contributed by atoms with Crippen molar-refractivity contribution in [2.24, 2.45) is 0 Å². The number of tetrazole rings is 1. The molecular weight excluding hydrogens is 242 g/mol. The zero-order valence-electron chi connectivity index (χ0n) is 10.0. The van der Waals surface area contributed by atoms with Gasteiger partial charge in [-0.15, -0.1) is 5.10 Å². The Bertz CT molecular complexity index is 355. The van der Waals surface area contributed by atoms with E-state index < -0.39 is 5.97 Å². The molecule has 8 heteroatoms. The molecule has 0 atom stereocenters. The van der Waals surface area contributed by atoms with Crippen molar-refractivity contribution < 1.29 is 9.90 Å². The van der Waals surface area contributed by atoms with Crippen LogP contribution >= 0.6 is 11.8 Å². The second kappa shape index (κ2) is 7.23. The number of aromatic nitrogens is 4. The van der Waals surface area contributed by atoms with Crippen molar-refractivity contribution in [1.29, 1.82) is 0 Å². The minimum Gasteiger partial charge on any atom is -0.481 e. The number of hydrogen-bond donors (Lipinski definition) is 1. The summed E-state index contributed by atoms with van der Waals surface area (Å²) in [5.41, 5.74) is 0. The van der Waals surface area contributed by atoms with Gasteiger partial charge in [0, 0.05) is 6.54 Å². The van der Waals surface area contributed by atoms with E-state index in [-0.39, 0.29) is 5.75 Å². The maximum atomic E-state index is 10.4. The molecule has 0 radical (unpaired) electrons. The highest BCUT2D eigenvalue weighted by Crippen LogP contribution is 2.13. The molecule has 0 aliphatic rings. The van der Waals surface area contributed by atoms with Crippen molar-refractivity contribution in [3.63, 3.8) is 0 Å². The number of unbranched alkanes of at least 4 members (excludes halogenated alkanes) is 1. The van der Waals surface area contributed by atoms with Crippen LogP contribution in [0.25, 0.3) is 0 Å². The fourth-order valence-electron chi connectivity index (χ4n) is 1.26. The normalized spacial score (nSPS) is 11.0. The van der Waals surface area contributed by atoms with E-state index >= 15 is 0 Å². The summed E-state index contributed by atoms with van der Waals surface area (Å²) in [6, 6.07) is 0. The van der Waals surface area contributed by atoms with Gasteiger partial charge < -0.3 is 10.0 Å². The number of aryl methyl sites for hydroxylation is 1. The van der Waals surface area contributed by atoms with Crippen molar-refractivity contribution in [3.05, 3.63) is 0 Å². The third-order valence-electron chi connectivity index (χ3n) is 2.05. The summed E-state index contributed by atoms with van der Waals surface area (Å²) in [6.45, 7) is 1.75. The molecule has 0 amide bonds. The Morgan fingerprint density at radius 3 is 2.88 bits per heavy atom. The highest BCUT2D eigenvalue weighted by atomic mass is 32.2. The van der Waals surface area contributed by atoms with E-state index in [2.05, 4.69) is 20.4 Å². The van der Waals surface area contributed by atoms with Gasteiger partial charge >= 0.3 is 5.97 Å². The molecule has 17 heavy (non-hydrogen) atoms. The molecule has 1 heterocycles. The third kappa shape index (κ3) is 5.64. The number of thioether (sulfide) groups is 1. The summed E-state index contributed by atoms with van der Waals surface area (Å²) < 4.78 is 1.66. The largest absolute Gasteiger partial charge is 0.481 e. The molecule has 1 aromatic rings. The standard InChI is InChI=1S/C9H17N5O2S/c1-13(2)5-3-4-6-14-9(10-11-12-14)17-7-8(15)16/h3-7H2,1-2H3,(H,15,16). The van der Waals surface area contributed by atoms with Crippen LogP contribution in [0.3, 0.4) is 0 Å². The number of nitrogens with zero attached hydrogens (tertiary/aromatic N) is 5. The van der Waals surface area contributed by atoms with Crippen LogP contribution in [-0.2, 0) is 11.3 Å². The molecule has 0 saturated carbocycles. The molecule has 0 saturated heterocycles. The second-order valence-electron chi connectivity index (χ2n) is 3.88. The fraction of sp³-hybridized carbons (Fsp3) is 0.778. The first-order chi connectivity index (χ1) is 8.09. The minimum absolute atomic E-state index is 0.0158. The molecule has 0 aliphatic heterocycles. The zero-order valence-corrected chi connectivity index (χ0v) is 10.9. The third-order valence-corrected chi connectivity index (χ3v) is 2.99. The van der Waals surface area contributed by atoms with Crippen LogP contribution in [0, 0.1) is 0 Å². The topological polar surface area (TPSA) is 84.1 Å². The van der Waals surface area contributed by atoms with Crippen LogP contribution in [0.15, 0.2) is 5.16 Å². The molecule has 0 aromatic carbocycles. The molecule has 1 aromatic heterocycles. The number of rotatable bonds is 8. The van der Waals surface area contributed by atoms with Crippen LogP contribution < -0.4 is 0 Å². The number of carbonyl (C=O) groups is 1. The van der Waals surface area contributed by atoms with Crippen molar-refractivity contribution in [3.8, 4) is 0 Å². The molecule has 7 nitrogen and oxygen atoms in total. The van der Waals surface area contributed by atoms with E-state index in [0.717, 1.165) is 37.7 Å². The molecule has 1 rings (SSSR count). The van der Waals surface area contributed by atoms with Gasteiger partial charge in [0.1, 0.15) is 0 Å². The van der Waals surface area contributed by atoms with E-state index in [1.54, 1.807) is 4.68 Å². The number of aliphatic carboxylic acids is 1. The Kier molecular flexibility index (Phi) is 5.92. The monoisotopic (exact) mass is 259 g/mol. The Balaban J connectivity index is 2.32. The molecule has 0 spiro atoms. The van der Waals surface area contributed by atoms with E-state index in [4.69, 9.17) is 5.11 Å². The Morgan fingerprint density at radius 2 is 2.24 bits per heavy atom. The average molecular weight is 259 g/mol. The van der Waals surface area contributed by atoms with Crippen LogP contribution in [0.4, 0.5) is 0 Å². The lowest BCUT2D eigenvalue weighted by Crippen LogP contribution is -2.14. The summed E-state index contributed by atoms with van der Waals surface area (Å²) in [7, 11) is 4.07. The molecule has 0 unspecified atom stereocenters. The lowest BCUT2D eigenvalue weighted by atomic mass is 10.3. The quantitative estimate of drug-likeness (QED) is 0.527. The minimum atomic E-state index is -0.864. The summed E-state index contributed by atoms with van der Waals surface area (Å²) in [5.74, 6) is -0.880. The smallest absolute Gasteiger partial charge is 0.313 e. The predicted molar refractivity (Wildman–Crippen MR) is 64.0 cm³/mol. The second-order valence-corrected chi connectivity index (χ2v) is 4.82. The maximum absolute atomic E-state index is 10.4. The molecular formula is C9H17N5O2S. The first-order valence-corrected chi connectivity index (χ1v) is 6.33. The lowest BCUT2D eigenvalue weighted by molar-refractivity contribution is -0.133. The summed E-state index contributed by atoms with van der Waals surface area (Å²) >= 11 is 1.14. The lowest BCUT2D eigenvalue weighted by Gasteiger charge is -2.08. The molecule has 0 fully saturated rings. The van der Waals surface area contributed by atoms with Crippen LogP contribution in [0.5, 0.6) is 0 Å². The summed E-state index contributed by atoms with van der Waals surface area (Å²) in [6.07, 6.45) is 2.04. The first kappa shape index (κ1) is 13.9. The van der Waals surface area contributed by atoms with Crippen molar-refractivity contribution >= 4 is 17.7 Å². The van der Waals surface area contributed by atoms with Crippen LogP contribution in [-0.4, -0.2) is 62.6 Å². The van der Waals surface area contributed by atoms with Gasteiger partial charge in [-0.1, -0.05) is 11.8 Å². The summed E-state index contributed by atoms with van der Waals surface area (Å²) in [5, 5.41) is 20.3. The number of carboxylic acids is 1. The summed E-state index contributed by atoms with van der Waals surface area (Å²) in [4.78, 5) is 12.6.